The average Bonchev–Trinajstić information content (AvgIpc) is 2.89. The van der Waals surface area contributed by atoms with Gasteiger partial charge in [0.25, 0.3) is 0 Å². The first-order chi connectivity index (χ1) is 19.1. The minimum atomic E-state index is -0.0294. The van der Waals surface area contributed by atoms with Crippen LogP contribution in [0.25, 0.3) is 0 Å². The van der Waals surface area contributed by atoms with E-state index < -0.39 is 0 Å². The number of nitrogens with one attached hydrogen (secondary N) is 4. The Balaban J connectivity index is 3.72. The zero-order valence-corrected chi connectivity index (χ0v) is 27.7. The number of urea groups is 2. The summed E-state index contributed by atoms with van der Waals surface area (Å²) in [4.78, 5) is 24.0. The van der Waals surface area contributed by atoms with Crippen molar-refractivity contribution in [1.82, 2.24) is 21.3 Å². The van der Waals surface area contributed by atoms with Gasteiger partial charge < -0.3 is 30.2 Å². The molecule has 4 N–H and O–H groups in total. The molecule has 0 saturated carbocycles. The largest absolute Gasteiger partial charge is 0.338 e. The van der Waals surface area contributed by atoms with E-state index in [1.165, 1.54) is 89.9 Å². The minimum Gasteiger partial charge on any atom is -0.338 e. The standard InChI is InChI=1S/C32H68N6O2/c1-7-9-11-13-15-19-23-33-31(39)35-25-29-37(3,4)27-21-17-18-22-28-38(5,6)30-26-36-32(40)34-24-20-16-14-12-10-8-2/h7-30H2,1-6H3,(H2-2,33,34,35,36,39,40)/p+2. The van der Waals surface area contributed by atoms with Crippen molar-refractivity contribution in [2.45, 2.75) is 117 Å². The highest BCUT2D eigenvalue weighted by Crippen LogP contribution is 2.08. The lowest BCUT2D eigenvalue weighted by Gasteiger charge is -2.31. The molecule has 0 radical (unpaired) electrons. The predicted molar refractivity (Wildman–Crippen MR) is 172 cm³/mol. The fraction of sp³-hybridized carbons (Fsp3) is 0.938. The summed E-state index contributed by atoms with van der Waals surface area (Å²) >= 11 is 0. The van der Waals surface area contributed by atoms with E-state index in [-0.39, 0.29) is 12.1 Å². The second-order valence-electron chi connectivity index (χ2n) is 13.1. The smallest absolute Gasteiger partial charge is 0.314 e. The Morgan fingerprint density at radius 2 is 0.700 bits per heavy atom. The van der Waals surface area contributed by atoms with Gasteiger partial charge in [0.05, 0.1) is 67.5 Å². The highest BCUT2D eigenvalue weighted by atomic mass is 16.2. The van der Waals surface area contributed by atoms with E-state index in [0.29, 0.717) is 13.1 Å². The molecular formula is C32H70N6O2+2. The maximum Gasteiger partial charge on any atom is 0.314 e. The summed E-state index contributed by atoms with van der Waals surface area (Å²) in [5.41, 5.74) is 0. The maximum absolute atomic E-state index is 12.0. The second-order valence-corrected chi connectivity index (χ2v) is 13.1. The third-order valence-electron chi connectivity index (χ3n) is 7.91. The van der Waals surface area contributed by atoms with Gasteiger partial charge >= 0.3 is 12.1 Å². The summed E-state index contributed by atoms with van der Waals surface area (Å²) in [6.07, 6.45) is 19.8. The van der Waals surface area contributed by atoms with Crippen LogP contribution in [0.1, 0.15) is 117 Å². The van der Waals surface area contributed by atoms with Gasteiger partial charge in [-0.15, -0.1) is 0 Å². The van der Waals surface area contributed by atoms with Crippen molar-refractivity contribution in [2.24, 2.45) is 0 Å². The molecule has 0 atom stereocenters. The van der Waals surface area contributed by atoms with Gasteiger partial charge in [-0.25, -0.2) is 9.59 Å². The second kappa shape index (κ2) is 25.2. The van der Waals surface area contributed by atoms with Gasteiger partial charge in [0, 0.05) is 13.1 Å². The van der Waals surface area contributed by atoms with Crippen LogP contribution in [0, 0.1) is 0 Å². The van der Waals surface area contributed by atoms with E-state index in [1.54, 1.807) is 0 Å². The van der Waals surface area contributed by atoms with E-state index in [9.17, 15) is 9.59 Å². The summed E-state index contributed by atoms with van der Waals surface area (Å²) in [7, 11) is 9.03. The van der Waals surface area contributed by atoms with Crippen molar-refractivity contribution in [2.75, 3.05) is 80.5 Å². The van der Waals surface area contributed by atoms with E-state index >= 15 is 0 Å². The number of carbonyl (C=O) groups is 2. The van der Waals surface area contributed by atoms with Crippen LogP contribution < -0.4 is 21.3 Å². The molecule has 4 amide bonds. The molecule has 0 aromatic heterocycles. The first kappa shape index (κ1) is 38.5. The lowest BCUT2D eigenvalue weighted by atomic mass is 10.1. The topological polar surface area (TPSA) is 82.3 Å². The molecule has 40 heavy (non-hydrogen) atoms. The lowest BCUT2D eigenvalue weighted by molar-refractivity contribution is -0.890. The van der Waals surface area contributed by atoms with Gasteiger partial charge in [-0.1, -0.05) is 78.1 Å². The zero-order valence-electron chi connectivity index (χ0n) is 27.7. The fourth-order valence-electron chi connectivity index (χ4n) is 4.94. The van der Waals surface area contributed by atoms with E-state index in [4.69, 9.17) is 0 Å². The molecule has 0 aliphatic carbocycles. The number of rotatable bonds is 27. The molecule has 0 aromatic rings. The normalized spacial score (nSPS) is 11.8. The number of nitrogens with zero attached hydrogens (tertiary/aromatic N) is 2. The molecule has 0 aromatic carbocycles. The maximum atomic E-state index is 12.0. The molecule has 238 valence electrons. The predicted octanol–water partition coefficient (Wildman–Crippen LogP) is 6.02. The molecule has 8 nitrogen and oxygen atoms in total. The Morgan fingerprint density at radius 3 is 1.07 bits per heavy atom. The number of amides is 4. The fourth-order valence-corrected chi connectivity index (χ4v) is 4.94. The molecule has 0 bridgehead atoms. The minimum absolute atomic E-state index is 0.0294. The van der Waals surface area contributed by atoms with Crippen LogP contribution in [0.15, 0.2) is 0 Å². The zero-order chi connectivity index (χ0) is 30.0. The molecular weight excluding hydrogens is 500 g/mol. The lowest BCUT2D eigenvalue weighted by Crippen LogP contribution is -2.48. The number of likely N-dealkylation sites (N-methyl/N-ethyl adjacent to an activating group) is 2. The summed E-state index contributed by atoms with van der Waals surface area (Å²) in [6, 6.07) is -0.0587. The SMILES string of the molecule is CCCCCCCCNC(=O)NCC[N+](C)(C)CCCCCC[N+](C)(C)CCNC(=O)NCCCCCCCC. The summed E-state index contributed by atoms with van der Waals surface area (Å²) < 4.78 is 1.87. The molecule has 0 heterocycles. The molecule has 0 saturated heterocycles. The van der Waals surface area contributed by atoms with Crippen LogP contribution in [-0.4, -0.2) is 102 Å². The number of carbonyl (C=O) groups excluding carboxylic acids is 2. The molecule has 0 rings (SSSR count). The van der Waals surface area contributed by atoms with Gasteiger partial charge in [0.15, 0.2) is 0 Å². The van der Waals surface area contributed by atoms with Gasteiger partial charge in [0.1, 0.15) is 0 Å². The molecule has 0 aliphatic rings. The van der Waals surface area contributed by atoms with Crippen molar-refractivity contribution in [1.29, 1.82) is 0 Å². The van der Waals surface area contributed by atoms with Crippen molar-refractivity contribution >= 4 is 12.1 Å². The van der Waals surface area contributed by atoms with Crippen LogP contribution in [0.5, 0.6) is 0 Å². The van der Waals surface area contributed by atoms with E-state index in [0.717, 1.165) is 61.1 Å². The molecule has 0 spiro atoms. The quantitative estimate of drug-likeness (QED) is 0.0720. The first-order valence-electron chi connectivity index (χ1n) is 16.8. The highest BCUT2D eigenvalue weighted by molar-refractivity contribution is 5.74. The monoisotopic (exact) mass is 571 g/mol. The Kier molecular flexibility index (Phi) is 24.2. The van der Waals surface area contributed by atoms with E-state index in [2.05, 4.69) is 63.3 Å². The van der Waals surface area contributed by atoms with Crippen LogP contribution in [0.2, 0.25) is 0 Å². The van der Waals surface area contributed by atoms with Crippen LogP contribution in [-0.2, 0) is 0 Å². The van der Waals surface area contributed by atoms with Crippen LogP contribution in [0.4, 0.5) is 9.59 Å². The van der Waals surface area contributed by atoms with Gasteiger partial charge in [0.2, 0.25) is 0 Å². The Hall–Kier alpha value is -1.54. The Labute approximate surface area is 249 Å². The van der Waals surface area contributed by atoms with Crippen molar-refractivity contribution in [3.8, 4) is 0 Å². The van der Waals surface area contributed by atoms with Crippen molar-refractivity contribution in [3.05, 3.63) is 0 Å². The third kappa shape index (κ3) is 26.7. The number of hydrogen-bond donors (Lipinski definition) is 4. The van der Waals surface area contributed by atoms with Gasteiger partial charge in [-0.2, -0.15) is 0 Å². The number of quaternary nitrogens is 2. The summed E-state index contributed by atoms with van der Waals surface area (Å²) in [6.45, 7) is 11.6. The van der Waals surface area contributed by atoms with Gasteiger partial charge in [-0.05, 0) is 38.5 Å². The first-order valence-corrected chi connectivity index (χ1v) is 16.8. The number of unbranched alkanes of at least 4 members (excludes halogenated alkanes) is 13. The van der Waals surface area contributed by atoms with Gasteiger partial charge in [-0.3, -0.25) is 0 Å². The Morgan fingerprint density at radius 1 is 0.400 bits per heavy atom. The van der Waals surface area contributed by atoms with E-state index in [1.807, 2.05) is 0 Å². The van der Waals surface area contributed by atoms with Crippen molar-refractivity contribution in [3.63, 3.8) is 0 Å². The highest BCUT2D eigenvalue weighted by Gasteiger charge is 2.16. The summed E-state index contributed by atoms with van der Waals surface area (Å²) in [5, 5.41) is 12.0. The molecule has 8 heteroatoms. The van der Waals surface area contributed by atoms with Crippen LogP contribution in [0.3, 0.4) is 0 Å². The number of hydrogen-bond acceptors (Lipinski definition) is 2. The molecule has 0 fully saturated rings. The van der Waals surface area contributed by atoms with Crippen molar-refractivity contribution < 1.29 is 18.6 Å². The third-order valence-corrected chi connectivity index (χ3v) is 7.91. The summed E-state index contributed by atoms with van der Waals surface area (Å²) in [5.74, 6) is 0. The molecule has 0 unspecified atom stereocenters. The average molecular weight is 571 g/mol. The molecule has 0 aliphatic heterocycles. The Bertz CT molecular complexity index is 560. The van der Waals surface area contributed by atoms with Crippen LogP contribution >= 0.6 is 0 Å².